The lowest BCUT2D eigenvalue weighted by Gasteiger charge is -2.25. The fourth-order valence-electron chi connectivity index (χ4n) is 3.53. The second-order valence-corrected chi connectivity index (χ2v) is 7.36. The molecule has 1 saturated heterocycles. The minimum absolute atomic E-state index is 0.414. The number of carbonyl (C=O) groups is 4. The maximum atomic E-state index is 12.8. The number of esters is 1. The van der Waals surface area contributed by atoms with Gasteiger partial charge in [-0.15, -0.1) is 0 Å². The Morgan fingerprint density at radius 1 is 1.14 bits per heavy atom. The van der Waals surface area contributed by atoms with E-state index in [1.165, 1.54) is 0 Å². The fraction of sp³-hybridized carbons (Fsp3) is 0.524. The van der Waals surface area contributed by atoms with E-state index in [4.69, 9.17) is 4.74 Å². The molecule has 1 heterocycles. The molecule has 0 saturated carbocycles. The standard InChI is InChI=1S/C21H29N3O5/c1-5-10-21(11-6-2)19(27)24(20(28)23-21)12-18(26)29-13-17(25)22-16-9-7-8-14(3)15(16)4/h7-9H,5-6,10-13H2,1-4H3,(H,22,25)(H,23,28). The van der Waals surface area contributed by atoms with E-state index in [2.05, 4.69) is 10.6 Å². The van der Waals surface area contributed by atoms with Crippen molar-refractivity contribution in [2.75, 3.05) is 18.5 Å². The van der Waals surface area contributed by atoms with E-state index in [1.54, 1.807) is 6.07 Å². The van der Waals surface area contributed by atoms with Crippen LogP contribution >= 0.6 is 0 Å². The number of urea groups is 1. The van der Waals surface area contributed by atoms with E-state index in [-0.39, 0.29) is 0 Å². The molecule has 0 aliphatic carbocycles. The van der Waals surface area contributed by atoms with Gasteiger partial charge < -0.3 is 15.4 Å². The lowest BCUT2D eigenvalue weighted by Crippen LogP contribution is -2.47. The molecule has 29 heavy (non-hydrogen) atoms. The smallest absolute Gasteiger partial charge is 0.326 e. The zero-order valence-corrected chi connectivity index (χ0v) is 17.5. The summed E-state index contributed by atoms with van der Waals surface area (Å²) in [6.07, 6.45) is 2.47. The summed E-state index contributed by atoms with van der Waals surface area (Å²) in [6, 6.07) is 4.91. The van der Waals surface area contributed by atoms with E-state index < -0.39 is 42.5 Å². The van der Waals surface area contributed by atoms with Crippen molar-refractivity contribution in [3.05, 3.63) is 29.3 Å². The highest BCUT2D eigenvalue weighted by Crippen LogP contribution is 2.28. The number of amides is 4. The minimum atomic E-state index is -0.957. The van der Waals surface area contributed by atoms with Crippen molar-refractivity contribution in [2.45, 2.75) is 58.9 Å². The van der Waals surface area contributed by atoms with Crippen molar-refractivity contribution in [1.29, 1.82) is 0 Å². The molecule has 0 unspecified atom stereocenters. The minimum Gasteiger partial charge on any atom is -0.454 e. The van der Waals surface area contributed by atoms with Gasteiger partial charge in [-0.05, 0) is 43.9 Å². The second-order valence-electron chi connectivity index (χ2n) is 7.36. The van der Waals surface area contributed by atoms with Crippen LogP contribution in [0.4, 0.5) is 10.5 Å². The number of nitrogens with zero attached hydrogens (tertiary/aromatic N) is 1. The molecule has 0 aromatic heterocycles. The zero-order valence-electron chi connectivity index (χ0n) is 17.5. The van der Waals surface area contributed by atoms with Crippen LogP contribution in [0, 0.1) is 13.8 Å². The first-order valence-corrected chi connectivity index (χ1v) is 9.90. The maximum Gasteiger partial charge on any atom is 0.326 e. The number of hydrogen-bond acceptors (Lipinski definition) is 5. The zero-order chi connectivity index (χ0) is 21.6. The van der Waals surface area contributed by atoms with Gasteiger partial charge in [0.05, 0.1) is 0 Å². The van der Waals surface area contributed by atoms with Crippen molar-refractivity contribution >= 4 is 29.5 Å². The average Bonchev–Trinajstić information content (AvgIpc) is 2.89. The Balaban J connectivity index is 1.91. The Morgan fingerprint density at radius 2 is 1.79 bits per heavy atom. The van der Waals surface area contributed by atoms with Gasteiger partial charge in [-0.25, -0.2) is 4.79 Å². The average molecular weight is 403 g/mol. The summed E-state index contributed by atoms with van der Waals surface area (Å²) in [5.41, 5.74) is 1.64. The molecular weight excluding hydrogens is 374 g/mol. The molecule has 1 aromatic carbocycles. The summed E-state index contributed by atoms with van der Waals surface area (Å²) < 4.78 is 4.97. The molecule has 0 atom stereocenters. The third-order valence-electron chi connectivity index (χ3n) is 5.13. The maximum absolute atomic E-state index is 12.8. The first-order chi connectivity index (χ1) is 13.7. The van der Waals surface area contributed by atoms with Crippen molar-refractivity contribution in [3.63, 3.8) is 0 Å². The first kappa shape index (κ1) is 22.4. The molecule has 1 aromatic rings. The molecule has 0 spiro atoms. The number of aryl methyl sites for hydroxylation is 1. The molecule has 158 valence electrons. The Kier molecular flexibility index (Phi) is 7.36. The van der Waals surface area contributed by atoms with Gasteiger partial charge in [-0.1, -0.05) is 38.8 Å². The lowest BCUT2D eigenvalue weighted by atomic mass is 9.88. The van der Waals surface area contributed by atoms with Gasteiger partial charge in [-0.2, -0.15) is 0 Å². The molecule has 8 nitrogen and oxygen atoms in total. The number of anilines is 1. The second kappa shape index (κ2) is 9.54. The van der Waals surface area contributed by atoms with Crippen LogP contribution in [0.2, 0.25) is 0 Å². The van der Waals surface area contributed by atoms with Crippen LogP contribution in [0.5, 0.6) is 0 Å². The Morgan fingerprint density at radius 3 is 2.41 bits per heavy atom. The molecular formula is C21H29N3O5. The van der Waals surface area contributed by atoms with Gasteiger partial charge in [0.1, 0.15) is 12.1 Å². The fourth-order valence-corrected chi connectivity index (χ4v) is 3.53. The molecule has 1 fully saturated rings. The molecule has 8 heteroatoms. The van der Waals surface area contributed by atoms with E-state index in [1.807, 2.05) is 39.8 Å². The van der Waals surface area contributed by atoms with Crippen LogP contribution in [-0.2, 0) is 19.1 Å². The lowest BCUT2D eigenvalue weighted by molar-refractivity contribution is -0.150. The summed E-state index contributed by atoms with van der Waals surface area (Å²) in [6.45, 7) is 6.67. The van der Waals surface area contributed by atoms with Gasteiger partial charge in [0.2, 0.25) is 0 Å². The predicted molar refractivity (Wildman–Crippen MR) is 108 cm³/mol. The summed E-state index contributed by atoms with van der Waals surface area (Å²) in [7, 11) is 0. The van der Waals surface area contributed by atoms with E-state index in [0.717, 1.165) is 28.9 Å². The number of nitrogens with one attached hydrogen (secondary N) is 2. The van der Waals surface area contributed by atoms with Crippen LogP contribution in [0.15, 0.2) is 18.2 Å². The highest BCUT2D eigenvalue weighted by atomic mass is 16.5. The largest absolute Gasteiger partial charge is 0.454 e. The monoisotopic (exact) mass is 403 g/mol. The van der Waals surface area contributed by atoms with Gasteiger partial charge >= 0.3 is 12.0 Å². The molecule has 1 aliphatic heterocycles. The molecule has 2 rings (SSSR count). The van der Waals surface area contributed by atoms with E-state index in [9.17, 15) is 19.2 Å². The topological polar surface area (TPSA) is 105 Å². The third kappa shape index (κ3) is 5.13. The van der Waals surface area contributed by atoms with E-state index in [0.29, 0.717) is 18.5 Å². The quantitative estimate of drug-likeness (QED) is 0.487. The van der Waals surface area contributed by atoms with Crippen LogP contribution < -0.4 is 10.6 Å². The van der Waals surface area contributed by atoms with E-state index >= 15 is 0 Å². The highest BCUT2D eigenvalue weighted by molar-refractivity contribution is 6.08. The van der Waals surface area contributed by atoms with Crippen molar-refractivity contribution in [2.24, 2.45) is 0 Å². The van der Waals surface area contributed by atoms with Crippen molar-refractivity contribution < 1.29 is 23.9 Å². The van der Waals surface area contributed by atoms with Gasteiger partial charge in [0.15, 0.2) is 6.61 Å². The summed E-state index contributed by atoms with van der Waals surface area (Å²) in [5, 5.41) is 5.42. The number of ether oxygens (including phenoxy) is 1. The van der Waals surface area contributed by atoms with Crippen LogP contribution in [0.1, 0.15) is 50.7 Å². The van der Waals surface area contributed by atoms with Gasteiger partial charge in [-0.3, -0.25) is 19.3 Å². The normalized spacial score (nSPS) is 15.2. The SMILES string of the molecule is CCCC1(CCC)NC(=O)N(CC(=O)OCC(=O)Nc2cccc(C)c2C)C1=O. The van der Waals surface area contributed by atoms with Crippen LogP contribution in [0.25, 0.3) is 0 Å². The highest BCUT2D eigenvalue weighted by Gasteiger charge is 2.50. The number of carbonyl (C=O) groups excluding carboxylic acids is 4. The predicted octanol–water partition coefficient (Wildman–Crippen LogP) is 2.68. The number of imide groups is 1. The first-order valence-electron chi connectivity index (χ1n) is 9.90. The third-order valence-corrected chi connectivity index (χ3v) is 5.13. The molecule has 4 amide bonds. The Bertz CT molecular complexity index is 800. The molecule has 0 radical (unpaired) electrons. The number of rotatable bonds is 9. The van der Waals surface area contributed by atoms with Crippen molar-refractivity contribution in [1.82, 2.24) is 10.2 Å². The molecule has 0 bridgehead atoms. The van der Waals surface area contributed by atoms with Crippen LogP contribution in [-0.4, -0.2) is 47.4 Å². The Hall–Kier alpha value is -2.90. The van der Waals surface area contributed by atoms with Crippen molar-refractivity contribution in [3.8, 4) is 0 Å². The summed E-state index contributed by atoms with van der Waals surface area (Å²) >= 11 is 0. The molecule has 2 N–H and O–H groups in total. The molecule has 1 aliphatic rings. The number of hydrogen-bond donors (Lipinski definition) is 2. The van der Waals surface area contributed by atoms with Crippen LogP contribution in [0.3, 0.4) is 0 Å². The summed E-state index contributed by atoms with van der Waals surface area (Å²) in [4.78, 5) is 50.1. The number of benzene rings is 1. The summed E-state index contributed by atoms with van der Waals surface area (Å²) in [5.74, 6) is -1.72. The Labute approximate surface area is 171 Å². The van der Waals surface area contributed by atoms with Gasteiger partial charge in [0.25, 0.3) is 11.8 Å². The van der Waals surface area contributed by atoms with Gasteiger partial charge in [0, 0.05) is 5.69 Å².